The minimum Gasteiger partial charge on any atom is -0.355 e. The van der Waals surface area contributed by atoms with Gasteiger partial charge in [-0.15, -0.1) is 0 Å². The minimum atomic E-state index is -4.74. The van der Waals surface area contributed by atoms with Crippen molar-refractivity contribution in [2.75, 3.05) is 18.0 Å². The smallest absolute Gasteiger partial charge is 0.355 e. The molecule has 1 N–H and O–H groups in total. The molecular weight excluding hydrogens is 381 g/mol. The third-order valence-electron chi connectivity index (χ3n) is 4.20. The van der Waals surface area contributed by atoms with Gasteiger partial charge in [0.05, 0.1) is 12.1 Å². The van der Waals surface area contributed by atoms with E-state index in [0.717, 1.165) is 17.0 Å². The van der Waals surface area contributed by atoms with Crippen LogP contribution in [0.5, 0.6) is 0 Å². The van der Waals surface area contributed by atoms with Crippen LogP contribution in [0.15, 0.2) is 18.2 Å². The number of rotatable bonds is 4. The molecule has 0 saturated carbocycles. The Bertz CT molecular complexity index is 846. The second-order valence-electron chi connectivity index (χ2n) is 6.43. The Morgan fingerprint density at radius 3 is 2.52 bits per heavy atom. The van der Waals surface area contributed by atoms with Crippen LogP contribution < -0.4 is 10.2 Å². The predicted octanol–water partition coefficient (Wildman–Crippen LogP) is 3.10. The molecule has 0 atom stereocenters. The lowest BCUT2D eigenvalue weighted by Crippen LogP contribution is -2.47. The quantitative estimate of drug-likeness (QED) is 0.626. The minimum absolute atomic E-state index is 0.0408. The summed E-state index contributed by atoms with van der Waals surface area (Å²) in [6, 6.07) is 3.04. The summed E-state index contributed by atoms with van der Waals surface area (Å²) in [4.78, 5) is 29.3. The molecule has 2 amide bonds. The van der Waals surface area contributed by atoms with Crippen LogP contribution in [-0.2, 0) is 15.8 Å². The van der Waals surface area contributed by atoms with Gasteiger partial charge in [-0.2, -0.15) is 13.2 Å². The van der Waals surface area contributed by atoms with Crippen LogP contribution in [0, 0.1) is 6.57 Å². The molecule has 0 radical (unpaired) electrons. The van der Waals surface area contributed by atoms with Crippen molar-refractivity contribution in [3.63, 3.8) is 0 Å². The number of nitrogens with one attached hydrogen (secondary N) is 1. The number of hydrogen-bond donors (Lipinski definition) is 1. The van der Waals surface area contributed by atoms with Crippen LogP contribution in [0.25, 0.3) is 4.85 Å². The van der Waals surface area contributed by atoms with Crippen LogP contribution >= 0.6 is 12.2 Å². The molecule has 1 aliphatic rings. The molecule has 0 bridgehead atoms. The molecule has 0 spiro atoms. The van der Waals surface area contributed by atoms with Gasteiger partial charge in [-0.3, -0.25) is 14.5 Å². The van der Waals surface area contributed by atoms with Crippen LogP contribution in [0.4, 0.5) is 24.5 Å². The van der Waals surface area contributed by atoms with E-state index in [1.54, 1.807) is 18.7 Å². The van der Waals surface area contributed by atoms with Crippen molar-refractivity contribution in [3.05, 3.63) is 35.2 Å². The summed E-state index contributed by atoms with van der Waals surface area (Å²) >= 11 is 5.32. The highest BCUT2D eigenvalue weighted by atomic mass is 32.1. The van der Waals surface area contributed by atoms with Gasteiger partial charge in [0.1, 0.15) is 5.54 Å². The van der Waals surface area contributed by atoms with Crippen LogP contribution in [0.2, 0.25) is 0 Å². The predicted molar refractivity (Wildman–Crippen MR) is 97.3 cm³/mol. The molecule has 10 heteroatoms. The van der Waals surface area contributed by atoms with E-state index >= 15 is 0 Å². The van der Waals surface area contributed by atoms with Gasteiger partial charge < -0.3 is 10.2 Å². The van der Waals surface area contributed by atoms with Gasteiger partial charge in [0.25, 0.3) is 5.91 Å². The molecule has 1 aromatic rings. The van der Waals surface area contributed by atoms with Gasteiger partial charge >= 0.3 is 6.18 Å². The first-order valence-corrected chi connectivity index (χ1v) is 8.31. The maximum atomic E-state index is 13.2. The van der Waals surface area contributed by atoms with E-state index in [1.165, 1.54) is 13.0 Å². The average molecular weight is 398 g/mol. The molecule has 2 rings (SSSR count). The Morgan fingerprint density at radius 1 is 1.37 bits per heavy atom. The molecule has 1 heterocycles. The molecule has 1 fully saturated rings. The lowest BCUT2D eigenvalue weighted by molar-refractivity contribution is -0.137. The molecule has 0 unspecified atom stereocenters. The monoisotopic (exact) mass is 398 g/mol. The molecule has 6 nitrogen and oxygen atoms in total. The maximum absolute atomic E-state index is 13.2. The van der Waals surface area contributed by atoms with E-state index in [9.17, 15) is 22.8 Å². The molecule has 1 aliphatic heterocycles. The number of amides is 2. The number of hydrogen-bond acceptors (Lipinski definition) is 3. The van der Waals surface area contributed by atoms with Gasteiger partial charge in [-0.05, 0) is 38.2 Å². The van der Waals surface area contributed by atoms with Gasteiger partial charge in [-0.1, -0.05) is 6.07 Å². The first-order chi connectivity index (χ1) is 12.4. The summed E-state index contributed by atoms with van der Waals surface area (Å²) in [7, 11) is 0. The summed E-state index contributed by atoms with van der Waals surface area (Å²) in [5, 5.41) is 2.63. The van der Waals surface area contributed by atoms with E-state index < -0.39 is 28.9 Å². The number of thiocarbonyl (C=S) groups is 1. The largest absolute Gasteiger partial charge is 0.407 e. The summed E-state index contributed by atoms with van der Waals surface area (Å²) in [6.45, 7) is 11.9. The fourth-order valence-corrected chi connectivity index (χ4v) is 3.28. The van der Waals surface area contributed by atoms with Crippen molar-refractivity contribution in [3.8, 4) is 0 Å². The van der Waals surface area contributed by atoms with E-state index in [1.807, 2.05) is 0 Å². The van der Waals surface area contributed by atoms with Crippen molar-refractivity contribution in [2.45, 2.75) is 32.5 Å². The van der Waals surface area contributed by atoms with E-state index in [0.29, 0.717) is 0 Å². The number of alkyl halides is 3. The summed E-state index contributed by atoms with van der Waals surface area (Å²) in [5.41, 5.74) is -2.82. The van der Waals surface area contributed by atoms with Crippen molar-refractivity contribution in [2.24, 2.45) is 0 Å². The lowest BCUT2D eigenvalue weighted by atomic mass is 10.0. The molecular formula is C17H17F3N4O2S. The van der Waals surface area contributed by atoms with Crippen LogP contribution in [-0.4, -0.2) is 40.5 Å². The van der Waals surface area contributed by atoms with Crippen molar-refractivity contribution in [1.29, 1.82) is 0 Å². The number of anilines is 1. The third-order valence-corrected chi connectivity index (χ3v) is 4.60. The molecule has 27 heavy (non-hydrogen) atoms. The topological polar surface area (TPSA) is 57.0 Å². The number of nitrogens with zero attached hydrogens (tertiary/aromatic N) is 3. The van der Waals surface area contributed by atoms with Gasteiger partial charge in [0, 0.05) is 25.7 Å². The molecule has 1 aromatic carbocycles. The van der Waals surface area contributed by atoms with E-state index in [4.69, 9.17) is 18.8 Å². The van der Waals surface area contributed by atoms with Crippen molar-refractivity contribution in [1.82, 2.24) is 10.2 Å². The number of halogens is 3. The highest BCUT2D eigenvalue weighted by molar-refractivity contribution is 7.80. The molecule has 1 saturated heterocycles. The first kappa shape index (κ1) is 20.6. The standard InChI is InChI=1S/C17H17F3N4O2S/c1-10(25)22-7-8-23-15(27)24(14(26)16(23,2)3)11-5-6-13(21-4)12(9-11)17(18,19)20/h5-6,9H,7-8H2,1-3H3,(H,22,25). The number of carbonyl (C=O) groups is 2. The summed E-state index contributed by atoms with van der Waals surface area (Å²) in [5.74, 6) is -0.732. The Hall–Kier alpha value is -2.67. The van der Waals surface area contributed by atoms with Gasteiger partial charge in [-0.25, -0.2) is 4.85 Å². The summed E-state index contributed by atoms with van der Waals surface area (Å²) in [6.07, 6.45) is -4.74. The summed E-state index contributed by atoms with van der Waals surface area (Å²) < 4.78 is 39.7. The SMILES string of the molecule is [C-]#[N+]c1ccc(N2C(=O)C(C)(C)N(CCNC(C)=O)C2=S)cc1C(F)(F)F. The normalized spacial score (nSPS) is 16.5. The molecule has 144 valence electrons. The Balaban J connectivity index is 2.42. The number of carbonyl (C=O) groups excluding carboxylic acids is 2. The molecule has 0 aliphatic carbocycles. The first-order valence-electron chi connectivity index (χ1n) is 7.90. The van der Waals surface area contributed by atoms with E-state index in [2.05, 4.69) is 10.2 Å². The van der Waals surface area contributed by atoms with Gasteiger partial charge in [0.15, 0.2) is 10.8 Å². The number of benzene rings is 1. The Kier molecular flexibility index (Phi) is 5.47. The zero-order valence-electron chi connectivity index (χ0n) is 14.8. The Labute approximate surface area is 159 Å². The highest BCUT2D eigenvalue weighted by Crippen LogP contribution is 2.40. The second-order valence-corrected chi connectivity index (χ2v) is 6.79. The van der Waals surface area contributed by atoms with Crippen LogP contribution in [0.1, 0.15) is 26.3 Å². The van der Waals surface area contributed by atoms with E-state index in [-0.39, 0.29) is 29.8 Å². The second kappa shape index (κ2) is 7.15. The van der Waals surface area contributed by atoms with Crippen molar-refractivity contribution < 1.29 is 22.8 Å². The fraction of sp³-hybridized carbons (Fsp3) is 0.412. The zero-order chi connectivity index (χ0) is 20.6. The highest BCUT2D eigenvalue weighted by Gasteiger charge is 2.49. The van der Waals surface area contributed by atoms with Crippen molar-refractivity contribution >= 4 is 40.5 Å². The molecule has 0 aromatic heterocycles. The fourth-order valence-electron chi connectivity index (χ4n) is 2.77. The third kappa shape index (κ3) is 3.88. The van der Waals surface area contributed by atoms with Gasteiger partial charge in [0.2, 0.25) is 5.91 Å². The Morgan fingerprint density at radius 2 is 2.00 bits per heavy atom. The zero-order valence-corrected chi connectivity index (χ0v) is 15.7. The average Bonchev–Trinajstić information content (AvgIpc) is 2.73. The van der Waals surface area contributed by atoms with Crippen LogP contribution in [0.3, 0.4) is 0 Å². The lowest BCUT2D eigenvalue weighted by Gasteiger charge is -2.29. The maximum Gasteiger partial charge on any atom is 0.407 e.